The maximum atomic E-state index is 12.8. The fourth-order valence-corrected chi connectivity index (χ4v) is 3.35. The number of carbonyl (C=O) groups is 4. The highest BCUT2D eigenvalue weighted by atomic mass is 16.4. The number of carboxylic acids is 1. The van der Waals surface area contributed by atoms with Crippen LogP contribution in [0.25, 0.3) is 0 Å². The predicted octanol–water partition coefficient (Wildman–Crippen LogP) is -1.39. The van der Waals surface area contributed by atoms with Crippen LogP contribution >= 0.6 is 0 Å². The number of amides is 3. The van der Waals surface area contributed by atoms with Crippen molar-refractivity contribution in [3.05, 3.63) is 0 Å². The second kappa shape index (κ2) is 13.5. The summed E-state index contributed by atoms with van der Waals surface area (Å²) >= 11 is 0. The van der Waals surface area contributed by atoms with E-state index < -0.39 is 35.9 Å². The SMILES string of the molecule is CC(C)C[C@H](NC(=O)[C@@H]1CCCN1)C(=O)N[C@@H](C)C(=O)N[C@@H](CCCNC(=N)N)C(=O)O. The minimum Gasteiger partial charge on any atom is -0.480 e. The monoisotopic (exact) mass is 455 g/mol. The summed E-state index contributed by atoms with van der Waals surface area (Å²) in [7, 11) is 0. The van der Waals surface area contributed by atoms with Gasteiger partial charge in [0.25, 0.3) is 0 Å². The molecule has 1 heterocycles. The van der Waals surface area contributed by atoms with Crippen molar-refractivity contribution >= 4 is 29.7 Å². The van der Waals surface area contributed by atoms with Crippen molar-refractivity contribution in [2.75, 3.05) is 13.1 Å². The van der Waals surface area contributed by atoms with E-state index in [0.29, 0.717) is 25.8 Å². The number of hydrogen-bond donors (Lipinski definition) is 8. The van der Waals surface area contributed by atoms with Crippen LogP contribution in [-0.4, -0.2) is 72.0 Å². The molecule has 9 N–H and O–H groups in total. The average Bonchev–Trinajstić information content (AvgIpc) is 3.23. The van der Waals surface area contributed by atoms with E-state index in [1.54, 1.807) is 0 Å². The summed E-state index contributed by atoms with van der Waals surface area (Å²) in [6.07, 6.45) is 2.50. The molecule has 12 heteroatoms. The van der Waals surface area contributed by atoms with Crippen molar-refractivity contribution in [2.24, 2.45) is 11.7 Å². The number of hydrogen-bond acceptors (Lipinski definition) is 6. The van der Waals surface area contributed by atoms with Crippen molar-refractivity contribution in [3.8, 4) is 0 Å². The highest BCUT2D eigenvalue weighted by Gasteiger charge is 2.30. The molecule has 0 aromatic carbocycles. The Kier molecular flexibility index (Phi) is 11.5. The topological polar surface area (TPSA) is 199 Å². The van der Waals surface area contributed by atoms with E-state index in [9.17, 15) is 24.3 Å². The van der Waals surface area contributed by atoms with Gasteiger partial charge in [0.1, 0.15) is 18.1 Å². The lowest BCUT2D eigenvalue weighted by molar-refractivity contribution is -0.142. The quantitative estimate of drug-likeness (QED) is 0.0942. The van der Waals surface area contributed by atoms with Gasteiger partial charge in [0.05, 0.1) is 6.04 Å². The van der Waals surface area contributed by atoms with Crippen LogP contribution in [-0.2, 0) is 19.2 Å². The van der Waals surface area contributed by atoms with Gasteiger partial charge < -0.3 is 37.4 Å². The summed E-state index contributed by atoms with van der Waals surface area (Å²) in [4.78, 5) is 49.1. The van der Waals surface area contributed by atoms with E-state index in [0.717, 1.165) is 13.0 Å². The summed E-state index contributed by atoms with van der Waals surface area (Å²) in [5, 5.41) is 29.8. The maximum absolute atomic E-state index is 12.8. The van der Waals surface area contributed by atoms with Gasteiger partial charge in [0.15, 0.2) is 5.96 Å². The normalized spacial score (nSPS) is 18.3. The van der Waals surface area contributed by atoms with Gasteiger partial charge in [0, 0.05) is 6.54 Å². The van der Waals surface area contributed by atoms with E-state index in [4.69, 9.17) is 11.1 Å². The number of guanidine groups is 1. The molecule has 12 nitrogen and oxygen atoms in total. The molecule has 1 saturated heterocycles. The predicted molar refractivity (Wildman–Crippen MR) is 119 cm³/mol. The van der Waals surface area contributed by atoms with Crippen LogP contribution in [0.1, 0.15) is 52.9 Å². The molecule has 4 atom stereocenters. The number of carboxylic acid groups (broad SMARTS) is 1. The maximum Gasteiger partial charge on any atom is 0.326 e. The summed E-state index contributed by atoms with van der Waals surface area (Å²) in [5.74, 6) is -2.67. The van der Waals surface area contributed by atoms with Crippen LogP contribution in [0.15, 0.2) is 0 Å². The number of nitrogens with two attached hydrogens (primary N) is 1. The zero-order chi connectivity index (χ0) is 24.3. The highest BCUT2D eigenvalue weighted by molar-refractivity contribution is 5.94. The zero-order valence-corrected chi connectivity index (χ0v) is 19.0. The van der Waals surface area contributed by atoms with Crippen molar-refractivity contribution in [2.45, 2.75) is 77.0 Å². The summed E-state index contributed by atoms with van der Waals surface area (Å²) in [6, 6.07) is -3.26. The molecule has 32 heavy (non-hydrogen) atoms. The fourth-order valence-electron chi connectivity index (χ4n) is 3.35. The Balaban J connectivity index is 2.63. The lowest BCUT2D eigenvalue weighted by atomic mass is 10.0. The molecule has 0 aromatic rings. The largest absolute Gasteiger partial charge is 0.480 e. The molecule has 1 fully saturated rings. The Bertz CT molecular complexity index is 679. The zero-order valence-electron chi connectivity index (χ0n) is 19.0. The number of carbonyl (C=O) groups excluding carboxylic acids is 3. The van der Waals surface area contributed by atoms with Crippen molar-refractivity contribution in [1.29, 1.82) is 5.41 Å². The molecule has 0 aliphatic carbocycles. The Hall–Kier alpha value is -2.89. The van der Waals surface area contributed by atoms with E-state index in [1.165, 1.54) is 6.92 Å². The number of rotatable bonds is 13. The fraction of sp³-hybridized carbons (Fsp3) is 0.750. The smallest absolute Gasteiger partial charge is 0.326 e. The third-order valence-electron chi connectivity index (χ3n) is 5.07. The second-order valence-electron chi connectivity index (χ2n) is 8.45. The third kappa shape index (κ3) is 9.94. The second-order valence-corrected chi connectivity index (χ2v) is 8.45. The van der Waals surface area contributed by atoms with Gasteiger partial charge >= 0.3 is 5.97 Å². The first-order chi connectivity index (χ1) is 15.0. The number of aliphatic carboxylic acids is 1. The van der Waals surface area contributed by atoms with E-state index >= 15 is 0 Å². The molecule has 182 valence electrons. The van der Waals surface area contributed by atoms with Gasteiger partial charge in [-0.05, 0) is 51.5 Å². The van der Waals surface area contributed by atoms with E-state index in [-0.39, 0.29) is 30.2 Å². The van der Waals surface area contributed by atoms with Crippen molar-refractivity contribution in [1.82, 2.24) is 26.6 Å². The van der Waals surface area contributed by atoms with Crippen LogP contribution < -0.4 is 32.3 Å². The van der Waals surface area contributed by atoms with Gasteiger partial charge in [-0.2, -0.15) is 0 Å². The van der Waals surface area contributed by atoms with Crippen LogP contribution in [0.5, 0.6) is 0 Å². The molecule has 3 amide bonds. The van der Waals surface area contributed by atoms with Gasteiger partial charge in [0.2, 0.25) is 17.7 Å². The Labute approximate surface area is 188 Å². The van der Waals surface area contributed by atoms with Gasteiger partial charge in [-0.3, -0.25) is 19.8 Å². The van der Waals surface area contributed by atoms with E-state index in [1.807, 2.05) is 13.8 Å². The van der Waals surface area contributed by atoms with Crippen LogP contribution in [0, 0.1) is 11.3 Å². The first-order valence-corrected chi connectivity index (χ1v) is 11.0. The minimum atomic E-state index is -1.20. The molecule has 0 spiro atoms. The Morgan fingerprint density at radius 3 is 2.31 bits per heavy atom. The summed E-state index contributed by atoms with van der Waals surface area (Å²) < 4.78 is 0. The molecular weight excluding hydrogens is 418 g/mol. The first kappa shape index (κ1) is 27.1. The van der Waals surface area contributed by atoms with Crippen LogP contribution in [0.3, 0.4) is 0 Å². The van der Waals surface area contributed by atoms with Crippen LogP contribution in [0.4, 0.5) is 0 Å². The summed E-state index contributed by atoms with van der Waals surface area (Å²) in [5.41, 5.74) is 5.17. The van der Waals surface area contributed by atoms with E-state index in [2.05, 4.69) is 26.6 Å². The Morgan fingerprint density at radius 2 is 1.78 bits per heavy atom. The molecule has 0 bridgehead atoms. The third-order valence-corrected chi connectivity index (χ3v) is 5.07. The molecule has 1 rings (SSSR count). The molecule has 1 aliphatic heterocycles. The van der Waals surface area contributed by atoms with Gasteiger partial charge in [-0.15, -0.1) is 0 Å². The molecule has 0 unspecified atom stereocenters. The Morgan fingerprint density at radius 1 is 1.09 bits per heavy atom. The molecule has 0 radical (unpaired) electrons. The summed E-state index contributed by atoms with van der Waals surface area (Å²) in [6.45, 7) is 6.36. The average molecular weight is 456 g/mol. The molecule has 0 aromatic heterocycles. The molecule has 0 saturated carbocycles. The molecular formula is C20H37N7O5. The lowest BCUT2D eigenvalue weighted by Crippen LogP contribution is -2.56. The number of nitrogens with one attached hydrogen (secondary N) is 6. The van der Waals surface area contributed by atoms with Gasteiger partial charge in [-0.1, -0.05) is 13.8 Å². The van der Waals surface area contributed by atoms with Gasteiger partial charge in [-0.25, -0.2) is 4.79 Å². The van der Waals surface area contributed by atoms with Crippen molar-refractivity contribution in [3.63, 3.8) is 0 Å². The van der Waals surface area contributed by atoms with Crippen LogP contribution in [0.2, 0.25) is 0 Å². The minimum absolute atomic E-state index is 0.127. The lowest BCUT2D eigenvalue weighted by Gasteiger charge is -2.24. The molecule has 1 aliphatic rings. The highest BCUT2D eigenvalue weighted by Crippen LogP contribution is 2.09. The standard InChI is InChI=1S/C20H37N7O5/c1-11(2)10-15(27-17(29)13-6-4-8-23-13)18(30)25-12(3)16(28)26-14(19(31)32)7-5-9-24-20(21)22/h11-15,23H,4-10H2,1-3H3,(H,25,30)(H,26,28)(H,27,29)(H,31,32)(H4,21,22,24)/t12-,13-,14-,15-/m0/s1. The van der Waals surface area contributed by atoms with Crippen molar-refractivity contribution < 1.29 is 24.3 Å². The first-order valence-electron chi connectivity index (χ1n) is 11.0.